The third-order valence-electron chi connectivity index (χ3n) is 2.68. The van der Waals surface area contributed by atoms with E-state index in [1.165, 1.54) is 0 Å². The number of hydrogen-bond donors (Lipinski definition) is 0. The predicted octanol–water partition coefficient (Wildman–Crippen LogP) is 2.11. The van der Waals surface area contributed by atoms with Gasteiger partial charge in [0, 0.05) is 31.4 Å². The first-order valence-corrected chi connectivity index (χ1v) is 5.74. The average molecular weight is 217 g/mol. The fraction of sp³-hybridized carbons (Fsp3) is 0.538. The molecule has 0 aromatic carbocycles. The normalized spacial score (nSPS) is 12.4. The number of likely N-dealkylation sites (N-methyl/N-ethyl adjacent to an activating group) is 1. The van der Waals surface area contributed by atoms with Gasteiger partial charge in [0.15, 0.2) is 0 Å². The summed E-state index contributed by atoms with van der Waals surface area (Å²) in [5.41, 5.74) is 1.11. The Morgan fingerprint density at radius 3 is 2.88 bits per heavy atom. The van der Waals surface area contributed by atoms with E-state index in [1.807, 2.05) is 24.4 Å². The van der Waals surface area contributed by atoms with E-state index in [2.05, 4.69) is 29.9 Å². The van der Waals surface area contributed by atoms with Crippen LogP contribution in [0.25, 0.3) is 0 Å². The van der Waals surface area contributed by atoms with Gasteiger partial charge in [-0.25, -0.2) is 0 Å². The van der Waals surface area contributed by atoms with Crippen LogP contribution in [0.5, 0.6) is 0 Å². The molecule has 0 bridgehead atoms. The molecule has 86 valence electrons. The highest BCUT2D eigenvalue weighted by molar-refractivity contribution is 5.03. The molecule has 1 rings (SSSR count). The molecule has 16 heavy (non-hydrogen) atoms. The van der Waals surface area contributed by atoms with Crippen LogP contribution in [0.4, 0.5) is 0 Å². The second kappa shape index (κ2) is 6.97. The quantitative estimate of drug-likeness (QED) is 0.732. The lowest BCUT2D eigenvalue weighted by atomic mass is 10.1. The van der Waals surface area contributed by atoms with Crippen LogP contribution < -0.4 is 0 Å². The van der Waals surface area contributed by atoms with E-state index in [0.717, 1.165) is 31.6 Å². The number of nitrogens with zero attached hydrogens (tertiary/aromatic N) is 3. The van der Waals surface area contributed by atoms with Gasteiger partial charge in [-0.3, -0.25) is 4.98 Å². The second-order valence-corrected chi connectivity index (χ2v) is 4.07. The van der Waals surface area contributed by atoms with E-state index in [1.54, 1.807) is 0 Å². The highest BCUT2D eigenvalue weighted by Gasteiger charge is 2.08. The summed E-state index contributed by atoms with van der Waals surface area (Å²) in [6, 6.07) is 8.29. The van der Waals surface area contributed by atoms with Crippen LogP contribution in [-0.4, -0.2) is 30.0 Å². The number of rotatable bonds is 6. The molecule has 0 spiro atoms. The molecule has 1 aromatic rings. The van der Waals surface area contributed by atoms with Crippen molar-refractivity contribution >= 4 is 0 Å². The van der Waals surface area contributed by atoms with E-state index in [-0.39, 0.29) is 5.92 Å². The van der Waals surface area contributed by atoms with Crippen molar-refractivity contribution in [3.05, 3.63) is 30.1 Å². The largest absolute Gasteiger partial charge is 0.305 e. The Balaban J connectivity index is 2.30. The molecule has 0 fully saturated rings. The van der Waals surface area contributed by atoms with E-state index < -0.39 is 0 Å². The first-order chi connectivity index (χ1) is 7.76. The Kier molecular flexibility index (Phi) is 5.52. The van der Waals surface area contributed by atoms with Gasteiger partial charge >= 0.3 is 0 Å². The maximum Gasteiger partial charge on any atom is 0.0669 e. The van der Waals surface area contributed by atoms with Crippen LogP contribution in [-0.2, 0) is 6.42 Å². The first kappa shape index (κ1) is 12.7. The lowest BCUT2D eigenvalue weighted by Crippen LogP contribution is -2.27. The molecule has 1 atom stereocenters. The highest BCUT2D eigenvalue weighted by atomic mass is 15.1. The van der Waals surface area contributed by atoms with E-state index in [0.29, 0.717) is 0 Å². The minimum atomic E-state index is 0.147. The third-order valence-corrected chi connectivity index (χ3v) is 2.68. The molecule has 1 unspecified atom stereocenters. The van der Waals surface area contributed by atoms with Crippen LogP contribution in [0.1, 0.15) is 19.0 Å². The lowest BCUT2D eigenvalue weighted by Gasteiger charge is -2.18. The Bertz CT molecular complexity index is 329. The van der Waals surface area contributed by atoms with Gasteiger partial charge in [-0.1, -0.05) is 13.0 Å². The standard InChI is InChI=1S/C13H19N3/c1-3-12(10-14)11-16(2)9-7-13-6-4-5-8-15-13/h4-6,8,12H,3,7,9,11H2,1-2H3. The monoisotopic (exact) mass is 217 g/mol. The maximum atomic E-state index is 8.87. The summed E-state index contributed by atoms with van der Waals surface area (Å²) in [6.45, 7) is 3.86. The Morgan fingerprint density at radius 2 is 2.31 bits per heavy atom. The summed E-state index contributed by atoms with van der Waals surface area (Å²) < 4.78 is 0. The third kappa shape index (κ3) is 4.41. The summed E-state index contributed by atoms with van der Waals surface area (Å²) in [6.07, 6.45) is 3.68. The number of pyridine rings is 1. The van der Waals surface area contributed by atoms with Gasteiger partial charge in [0.1, 0.15) is 0 Å². The van der Waals surface area contributed by atoms with Crippen LogP contribution >= 0.6 is 0 Å². The summed E-state index contributed by atoms with van der Waals surface area (Å²) >= 11 is 0. The second-order valence-electron chi connectivity index (χ2n) is 4.07. The van der Waals surface area contributed by atoms with E-state index in [4.69, 9.17) is 5.26 Å². The van der Waals surface area contributed by atoms with Gasteiger partial charge in [-0.05, 0) is 25.6 Å². The van der Waals surface area contributed by atoms with Gasteiger partial charge < -0.3 is 4.90 Å². The Labute approximate surface area is 97.7 Å². The average Bonchev–Trinajstić information content (AvgIpc) is 2.34. The van der Waals surface area contributed by atoms with Crippen molar-refractivity contribution in [2.75, 3.05) is 20.1 Å². The summed E-state index contributed by atoms with van der Waals surface area (Å²) in [4.78, 5) is 6.48. The van der Waals surface area contributed by atoms with Crippen molar-refractivity contribution in [3.8, 4) is 6.07 Å². The number of nitriles is 1. The fourth-order valence-electron chi connectivity index (χ4n) is 1.58. The van der Waals surface area contributed by atoms with Gasteiger partial charge in [0.25, 0.3) is 0 Å². The molecular weight excluding hydrogens is 198 g/mol. The topological polar surface area (TPSA) is 39.9 Å². The minimum absolute atomic E-state index is 0.147. The zero-order valence-corrected chi connectivity index (χ0v) is 10.1. The lowest BCUT2D eigenvalue weighted by molar-refractivity contribution is 0.302. The van der Waals surface area contributed by atoms with Crippen LogP contribution in [0.15, 0.2) is 24.4 Å². The summed E-state index contributed by atoms with van der Waals surface area (Å²) in [5.74, 6) is 0.147. The zero-order chi connectivity index (χ0) is 11.8. The van der Waals surface area contributed by atoms with Gasteiger partial charge in [-0.2, -0.15) is 5.26 Å². The smallest absolute Gasteiger partial charge is 0.0669 e. The SMILES string of the molecule is CCC(C#N)CN(C)CCc1ccccn1. The van der Waals surface area contributed by atoms with Gasteiger partial charge in [0.05, 0.1) is 12.0 Å². The molecule has 0 aliphatic rings. The van der Waals surface area contributed by atoms with Gasteiger partial charge in [-0.15, -0.1) is 0 Å². The summed E-state index contributed by atoms with van der Waals surface area (Å²) in [7, 11) is 2.06. The Hall–Kier alpha value is -1.40. The van der Waals surface area contributed by atoms with Crippen molar-refractivity contribution in [1.82, 2.24) is 9.88 Å². The van der Waals surface area contributed by atoms with Crippen LogP contribution in [0.2, 0.25) is 0 Å². The maximum absolute atomic E-state index is 8.87. The molecule has 3 heteroatoms. The van der Waals surface area contributed by atoms with E-state index >= 15 is 0 Å². The molecule has 0 N–H and O–H groups in total. The fourth-order valence-corrected chi connectivity index (χ4v) is 1.58. The minimum Gasteiger partial charge on any atom is -0.305 e. The molecule has 0 radical (unpaired) electrons. The molecule has 0 aliphatic carbocycles. The predicted molar refractivity (Wildman–Crippen MR) is 64.8 cm³/mol. The van der Waals surface area contributed by atoms with E-state index in [9.17, 15) is 0 Å². The molecule has 0 saturated heterocycles. The van der Waals surface area contributed by atoms with Crippen molar-refractivity contribution in [3.63, 3.8) is 0 Å². The Morgan fingerprint density at radius 1 is 1.50 bits per heavy atom. The number of aromatic nitrogens is 1. The first-order valence-electron chi connectivity index (χ1n) is 5.74. The van der Waals surface area contributed by atoms with Crippen molar-refractivity contribution in [2.24, 2.45) is 5.92 Å². The molecule has 1 aromatic heterocycles. The van der Waals surface area contributed by atoms with Crippen molar-refractivity contribution in [2.45, 2.75) is 19.8 Å². The summed E-state index contributed by atoms with van der Waals surface area (Å²) in [5, 5.41) is 8.87. The zero-order valence-electron chi connectivity index (χ0n) is 10.1. The molecule has 1 heterocycles. The molecule has 3 nitrogen and oxygen atoms in total. The van der Waals surface area contributed by atoms with Crippen LogP contribution in [0, 0.1) is 17.2 Å². The van der Waals surface area contributed by atoms with Crippen LogP contribution in [0.3, 0.4) is 0 Å². The molecule has 0 aliphatic heterocycles. The van der Waals surface area contributed by atoms with Gasteiger partial charge in [0.2, 0.25) is 0 Å². The molecule has 0 saturated carbocycles. The molecular formula is C13H19N3. The van der Waals surface area contributed by atoms with Crippen molar-refractivity contribution < 1.29 is 0 Å². The molecule has 0 amide bonds. The highest BCUT2D eigenvalue weighted by Crippen LogP contribution is 2.03. The number of hydrogen-bond acceptors (Lipinski definition) is 3. The van der Waals surface area contributed by atoms with Crippen molar-refractivity contribution in [1.29, 1.82) is 5.26 Å².